The number of nitrogens with one attached hydrogen (secondary N) is 1. The lowest BCUT2D eigenvalue weighted by molar-refractivity contribution is 0.0835. The van der Waals surface area contributed by atoms with Gasteiger partial charge in [0, 0.05) is 5.56 Å². The number of carbonyl (C=O) groups is 1. The molecule has 1 atom stereocenters. The molecule has 3 nitrogen and oxygen atoms in total. The molecule has 0 aromatic heterocycles. The quantitative estimate of drug-likeness (QED) is 0.815. The molecule has 0 radical (unpaired) electrons. The van der Waals surface area contributed by atoms with E-state index < -0.39 is 5.54 Å². The first-order valence-electron chi connectivity index (χ1n) is 6.09. The second kappa shape index (κ2) is 4.88. The van der Waals surface area contributed by atoms with E-state index in [9.17, 15) is 4.79 Å². The zero-order valence-corrected chi connectivity index (χ0v) is 10.5. The normalized spacial score (nSPS) is 24.4. The van der Waals surface area contributed by atoms with Crippen molar-refractivity contribution in [1.29, 1.82) is 0 Å². The predicted octanol–water partition coefficient (Wildman–Crippen LogP) is 2.41. The van der Waals surface area contributed by atoms with Crippen LogP contribution in [0.1, 0.15) is 36.5 Å². The average molecular weight is 233 g/mol. The van der Waals surface area contributed by atoms with Crippen molar-refractivity contribution in [1.82, 2.24) is 5.32 Å². The van der Waals surface area contributed by atoms with Crippen molar-refractivity contribution in [3.8, 4) is 5.75 Å². The van der Waals surface area contributed by atoms with Crippen LogP contribution >= 0.6 is 0 Å². The van der Waals surface area contributed by atoms with Gasteiger partial charge in [0.2, 0.25) is 0 Å². The lowest BCUT2D eigenvalue weighted by Gasteiger charge is -2.33. The van der Waals surface area contributed by atoms with Crippen molar-refractivity contribution in [2.75, 3.05) is 13.7 Å². The maximum atomic E-state index is 12.4. The van der Waals surface area contributed by atoms with Crippen LogP contribution in [0, 0.1) is 0 Å². The summed E-state index contributed by atoms with van der Waals surface area (Å²) in [6.45, 7) is 2.93. The van der Waals surface area contributed by atoms with Crippen LogP contribution in [0.3, 0.4) is 0 Å². The Bertz CT molecular complexity index is 391. The Kier molecular flexibility index (Phi) is 3.48. The maximum absolute atomic E-state index is 12.4. The van der Waals surface area contributed by atoms with Gasteiger partial charge in [-0.3, -0.25) is 4.79 Å². The topological polar surface area (TPSA) is 38.3 Å². The number of piperidine rings is 1. The number of ether oxygens (including phenoxy) is 1. The number of methoxy groups -OCH3 is 1. The molecule has 1 N–H and O–H groups in total. The predicted molar refractivity (Wildman–Crippen MR) is 67.6 cm³/mol. The van der Waals surface area contributed by atoms with Gasteiger partial charge in [0.25, 0.3) is 0 Å². The number of ketones is 1. The molecule has 92 valence electrons. The second-order valence-corrected chi connectivity index (χ2v) is 4.77. The van der Waals surface area contributed by atoms with E-state index in [1.807, 2.05) is 31.2 Å². The molecule has 1 aromatic rings. The van der Waals surface area contributed by atoms with Gasteiger partial charge >= 0.3 is 0 Å². The van der Waals surface area contributed by atoms with Crippen LogP contribution in [0.15, 0.2) is 24.3 Å². The molecule has 2 rings (SSSR count). The van der Waals surface area contributed by atoms with E-state index in [1.54, 1.807) is 7.11 Å². The molecule has 0 aliphatic carbocycles. The van der Waals surface area contributed by atoms with E-state index >= 15 is 0 Å². The molecule has 1 fully saturated rings. The van der Waals surface area contributed by atoms with Gasteiger partial charge in [-0.2, -0.15) is 0 Å². The number of hydrogen-bond donors (Lipinski definition) is 1. The van der Waals surface area contributed by atoms with Gasteiger partial charge in [-0.15, -0.1) is 0 Å². The summed E-state index contributed by atoms with van der Waals surface area (Å²) in [5.41, 5.74) is 0.357. The largest absolute Gasteiger partial charge is 0.497 e. The van der Waals surface area contributed by atoms with Gasteiger partial charge in [-0.25, -0.2) is 0 Å². The lowest BCUT2D eigenvalue weighted by Crippen LogP contribution is -2.52. The summed E-state index contributed by atoms with van der Waals surface area (Å²) >= 11 is 0. The van der Waals surface area contributed by atoms with Gasteiger partial charge in [0.15, 0.2) is 5.78 Å². The van der Waals surface area contributed by atoms with E-state index in [4.69, 9.17) is 4.74 Å². The van der Waals surface area contributed by atoms with Gasteiger partial charge in [-0.05, 0) is 57.0 Å². The zero-order valence-electron chi connectivity index (χ0n) is 10.5. The van der Waals surface area contributed by atoms with E-state index in [0.717, 1.165) is 37.1 Å². The molecule has 0 amide bonds. The van der Waals surface area contributed by atoms with Gasteiger partial charge < -0.3 is 10.1 Å². The molecule has 1 aliphatic rings. The van der Waals surface area contributed by atoms with Crippen molar-refractivity contribution < 1.29 is 9.53 Å². The maximum Gasteiger partial charge on any atom is 0.182 e. The van der Waals surface area contributed by atoms with E-state index in [0.29, 0.717) is 0 Å². The molecule has 3 heteroatoms. The summed E-state index contributed by atoms with van der Waals surface area (Å²) in [5.74, 6) is 0.961. The van der Waals surface area contributed by atoms with E-state index in [1.165, 1.54) is 0 Å². The van der Waals surface area contributed by atoms with E-state index in [2.05, 4.69) is 5.32 Å². The monoisotopic (exact) mass is 233 g/mol. The summed E-state index contributed by atoms with van der Waals surface area (Å²) in [4.78, 5) is 12.4. The first-order valence-corrected chi connectivity index (χ1v) is 6.09. The Morgan fingerprint density at radius 2 is 2.00 bits per heavy atom. The summed E-state index contributed by atoms with van der Waals surface area (Å²) in [6, 6.07) is 7.34. The SMILES string of the molecule is COc1ccc(C(=O)C2(C)CCCCN2)cc1. The van der Waals surface area contributed by atoms with Crippen LogP contribution in [0.4, 0.5) is 0 Å². The number of carbonyl (C=O) groups excluding carboxylic acids is 1. The Labute approximate surface area is 102 Å². The molecule has 17 heavy (non-hydrogen) atoms. The number of Topliss-reactive ketones (excluding diaryl/α,β-unsaturated/α-hetero) is 1. The van der Waals surface area contributed by atoms with Gasteiger partial charge in [0.05, 0.1) is 12.6 Å². The zero-order chi connectivity index (χ0) is 12.3. The van der Waals surface area contributed by atoms with Crippen molar-refractivity contribution >= 4 is 5.78 Å². The van der Waals surface area contributed by atoms with Crippen molar-refractivity contribution in [2.45, 2.75) is 31.7 Å². The third-order valence-corrected chi connectivity index (χ3v) is 3.47. The fourth-order valence-electron chi connectivity index (χ4n) is 2.31. The second-order valence-electron chi connectivity index (χ2n) is 4.77. The fraction of sp³-hybridized carbons (Fsp3) is 0.500. The van der Waals surface area contributed by atoms with Gasteiger partial charge in [-0.1, -0.05) is 0 Å². The number of rotatable bonds is 3. The molecular weight excluding hydrogens is 214 g/mol. The Balaban J connectivity index is 2.17. The van der Waals surface area contributed by atoms with Crippen molar-refractivity contribution in [3.05, 3.63) is 29.8 Å². The molecule has 1 saturated heterocycles. The Hall–Kier alpha value is -1.35. The minimum absolute atomic E-state index is 0.180. The van der Waals surface area contributed by atoms with E-state index in [-0.39, 0.29) is 5.78 Å². The Morgan fingerprint density at radius 3 is 2.53 bits per heavy atom. The van der Waals surface area contributed by atoms with Crippen LogP contribution in [-0.4, -0.2) is 25.0 Å². The van der Waals surface area contributed by atoms with Crippen LogP contribution in [0.25, 0.3) is 0 Å². The standard InChI is InChI=1S/C14H19NO2/c1-14(9-3-4-10-15-14)13(16)11-5-7-12(17-2)8-6-11/h5-8,15H,3-4,9-10H2,1-2H3. The summed E-state index contributed by atoms with van der Waals surface area (Å²) in [7, 11) is 1.63. The van der Waals surface area contributed by atoms with Crippen LogP contribution in [0.2, 0.25) is 0 Å². The molecule has 1 aromatic carbocycles. The smallest absolute Gasteiger partial charge is 0.182 e. The molecule has 0 spiro atoms. The van der Waals surface area contributed by atoms with Crippen LogP contribution in [0.5, 0.6) is 5.75 Å². The first-order chi connectivity index (χ1) is 8.15. The van der Waals surface area contributed by atoms with Crippen molar-refractivity contribution in [3.63, 3.8) is 0 Å². The fourth-order valence-corrected chi connectivity index (χ4v) is 2.31. The first kappa shape index (κ1) is 12.1. The van der Waals surface area contributed by atoms with Crippen molar-refractivity contribution in [2.24, 2.45) is 0 Å². The van der Waals surface area contributed by atoms with Crippen LogP contribution in [-0.2, 0) is 0 Å². The highest BCUT2D eigenvalue weighted by molar-refractivity contribution is 6.03. The van der Waals surface area contributed by atoms with Crippen LogP contribution < -0.4 is 10.1 Å². The highest BCUT2D eigenvalue weighted by Crippen LogP contribution is 2.24. The van der Waals surface area contributed by atoms with Gasteiger partial charge in [0.1, 0.15) is 5.75 Å². The minimum Gasteiger partial charge on any atom is -0.497 e. The third-order valence-electron chi connectivity index (χ3n) is 3.47. The molecule has 1 aliphatic heterocycles. The summed E-state index contributed by atoms with van der Waals surface area (Å²) in [5, 5.41) is 3.34. The third kappa shape index (κ3) is 2.50. The molecule has 1 unspecified atom stereocenters. The Morgan fingerprint density at radius 1 is 1.29 bits per heavy atom. The summed E-state index contributed by atoms with van der Waals surface area (Å²) in [6.07, 6.45) is 3.19. The summed E-state index contributed by atoms with van der Waals surface area (Å²) < 4.78 is 5.09. The minimum atomic E-state index is -0.396. The number of hydrogen-bond acceptors (Lipinski definition) is 3. The lowest BCUT2D eigenvalue weighted by atomic mass is 9.84. The highest BCUT2D eigenvalue weighted by Gasteiger charge is 2.34. The molecular formula is C14H19NO2. The highest BCUT2D eigenvalue weighted by atomic mass is 16.5. The molecule has 1 heterocycles. The average Bonchev–Trinajstić information content (AvgIpc) is 2.39. The molecule has 0 saturated carbocycles. The number of benzene rings is 1. The molecule has 0 bridgehead atoms.